The second-order valence-corrected chi connectivity index (χ2v) is 5.71. The molecule has 0 fully saturated rings. The molecule has 6 heteroatoms. The molecule has 1 aromatic rings. The summed E-state index contributed by atoms with van der Waals surface area (Å²) in [5, 5.41) is 0. The average molecular weight is 236 g/mol. The summed E-state index contributed by atoms with van der Waals surface area (Å²) in [4.78, 5) is 11.2. The highest BCUT2D eigenvalue weighted by Crippen LogP contribution is 2.13. The van der Waals surface area contributed by atoms with Gasteiger partial charge >= 0.3 is 0 Å². The van der Waals surface area contributed by atoms with E-state index in [0.717, 1.165) is 0 Å². The lowest BCUT2D eigenvalue weighted by molar-refractivity contribution is 0.566. The summed E-state index contributed by atoms with van der Waals surface area (Å²) in [6.45, 7) is 3.57. The quantitative estimate of drug-likeness (QED) is 0.728. The summed E-state index contributed by atoms with van der Waals surface area (Å²) in [7, 11) is 1.38. The Balaban J connectivity index is 3.42. The van der Waals surface area contributed by atoms with Gasteiger partial charge < -0.3 is 4.57 Å². The van der Waals surface area contributed by atoms with Crippen molar-refractivity contribution in [3.8, 4) is 0 Å². The second-order valence-electron chi connectivity index (χ2n) is 3.14. The van der Waals surface area contributed by atoms with E-state index in [2.05, 4.69) is 0 Å². The van der Waals surface area contributed by atoms with Gasteiger partial charge in [0.25, 0.3) is 14.6 Å². The molecule has 1 rings (SSSR count). The molecule has 14 heavy (non-hydrogen) atoms. The standard InChI is InChI=1S/C8H10ClNO3S/c1-6(2)10-5-7(14(9,12)13)3-4-8(10)11/h3-6H,1-2H3. The van der Waals surface area contributed by atoms with E-state index in [1.54, 1.807) is 13.8 Å². The Hall–Kier alpha value is -0.810. The summed E-state index contributed by atoms with van der Waals surface area (Å²) in [6.07, 6.45) is 1.25. The first-order valence-electron chi connectivity index (χ1n) is 3.99. The van der Waals surface area contributed by atoms with E-state index in [9.17, 15) is 13.2 Å². The molecule has 0 radical (unpaired) electrons. The molecule has 0 spiro atoms. The molecule has 0 aromatic carbocycles. The molecule has 1 heterocycles. The topological polar surface area (TPSA) is 56.1 Å². The maximum Gasteiger partial charge on any atom is 0.262 e. The zero-order valence-electron chi connectivity index (χ0n) is 7.77. The van der Waals surface area contributed by atoms with Crippen LogP contribution in [0.4, 0.5) is 0 Å². The van der Waals surface area contributed by atoms with E-state index in [1.165, 1.54) is 22.9 Å². The van der Waals surface area contributed by atoms with Crippen LogP contribution in [0.3, 0.4) is 0 Å². The van der Waals surface area contributed by atoms with Gasteiger partial charge in [0.2, 0.25) is 0 Å². The third kappa shape index (κ3) is 2.36. The van der Waals surface area contributed by atoms with Crippen molar-refractivity contribution in [2.75, 3.05) is 0 Å². The molecule has 0 aliphatic heterocycles. The first-order valence-corrected chi connectivity index (χ1v) is 6.30. The highest BCUT2D eigenvalue weighted by atomic mass is 35.7. The fourth-order valence-corrected chi connectivity index (χ4v) is 1.77. The van der Waals surface area contributed by atoms with Gasteiger partial charge in [0.05, 0.1) is 4.90 Å². The fraction of sp³-hybridized carbons (Fsp3) is 0.375. The third-order valence-electron chi connectivity index (χ3n) is 1.75. The van der Waals surface area contributed by atoms with Crippen LogP contribution in [0.5, 0.6) is 0 Å². The van der Waals surface area contributed by atoms with Crippen molar-refractivity contribution in [1.82, 2.24) is 4.57 Å². The molecule has 0 N–H and O–H groups in total. The van der Waals surface area contributed by atoms with Crippen LogP contribution in [0.25, 0.3) is 0 Å². The van der Waals surface area contributed by atoms with Crippen LogP contribution in [-0.4, -0.2) is 13.0 Å². The molecule has 0 unspecified atom stereocenters. The van der Waals surface area contributed by atoms with Gasteiger partial charge in [0.15, 0.2) is 0 Å². The van der Waals surface area contributed by atoms with Crippen LogP contribution in [0.1, 0.15) is 19.9 Å². The lowest BCUT2D eigenvalue weighted by atomic mass is 10.3. The molecular weight excluding hydrogens is 226 g/mol. The highest BCUT2D eigenvalue weighted by molar-refractivity contribution is 8.13. The Labute approximate surface area is 86.5 Å². The van der Waals surface area contributed by atoms with Crippen molar-refractivity contribution in [3.63, 3.8) is 0 Å². The minimum Gasteiger partial charge on any atom is -0.312 e. The first-order chi connectivity index (χ1) is 6.32. The third-order valence-corrected chi connectivity index (χ3v) is 3.09. The van der Waals surface area contributed by atoms with Gasteiger partial charge in [0.1, 0.15) is 0 Å². The van der Waals surface area contributed by atoms with E-state index < -0.39 is 9.05 Å². The predicted molar refractivity (Wildman–Crippen MR) is 54.1 cm³/mol. The molecule has 0 amide bonds. The molecule has 4 nitrogen and oxygen atoms in total. The maximum absolute atomic E-state index is 11.3. The molecule has 0 saturated carbocycles. The molecule has 0 bridgehead atoms. The summed E-state index contributed by atoms with van der Waals surface area (Å²) in [5.74, 6) is 0. The smallest absolute Gasteiger partial charge is 0.262 e. The SMILES string of the molecule is CC(C)n1cc(S(=O)(=O)Cl)ccc1=O. The number of rotatable bonds is 2. The Morgan fingerprint density at radius 3 is 2.36 bits per heavy atom. The van der Waals surface area contributed by atoms with Gasteiger partial charge in [-0.25, -0.2) is 8.42 Å². The van der Waals surface area contributed by atoms with Crippen LogP contribution >= 0.6 is 10.7 Å². The predicted octanol–water partition coefficient (Wildman–Crippen LogP) is 1.36. The molecule has 0 aliphatic rings. The average Bonchev–Trinajstić information content (AvgIpc) is 2.02. The van der Waals surface area contributed by atoms with E-state index >= 15 is 0 Å². The van der Waals surface area contributed by atoms with Crippen LogP contribution in [0.2, 0.25) is 0 Å². The normalized spacial score (nSPS) is 12.0. The van der Waals surface area contributed by atoms with Crippen LogP contribution in [0.15, 0.2) is 28.0 Å². The number of hydrogen-bond donors (Lipinski definition) is 0. The van der Waals surface area contributed by atoms with Crippen molar-refractivity contribution < 1.29 is 8.42 Å². The van der Waals surface area contributed by atoms with Crippen molar-refractivity contribution in [2.24, 2.45) is 0 Å². The lowest BCUT2D eigenvalue weighted by Gasteiger charge is -2.09. The van der Waals surface area contributed by atoms with Crippen molar-refractivity contribution in [3.05, 3.63) is 28.7 Å². The van der Waals surface area contributed by atoms with Crippen LogP contribution in [-0.2, 0) is 9.05 Å². The minimum absolute atomic E-state index is 0.0625. The van der Waals surface area contributed by atoms with E-state index in [4.69, 9.17) is 10.7 Å². The molecule has 0 aliphatic carbocycles. The summed E-state index contributed by atoms with van der Waals surface area (Å²) in [5.41, 5.74) is -0.246. The summed E-state index contributed by atoms with van der Waals surface area (Å²) >= 11 is 0. The molecule has 0 atom stereocenters. The zero-order valence-corrected chi connectivity index (χ0v) is 9.34. The maximum atomic E-state index is 11.3. The molecular formula is C8H10ClNO3S. The Bertz CT molecular complexity index is 490. The summed E-state index contributed by atoms with van der Waals surface area (Å²) in [6, 6.07) is 2.29. The van der Waals surface area contributed by atoms with Gasteiger partial charge in [-0.3, -0.25) is 4.79 Å². The molecule has 78 valence electrons. The second kappa shape index (κ2) is 3.74. The van der Waals surface area contributed by atoms with Crippen LogP contribution < -0.4 is 5.56 Å². The number of hydrogen-bond acceptors (Lipinski definition) is 3. The molecule has 1 aromatic heterocycles. The van der Waals surface area contributed by atoms with Crippen molar-refractivity contribution in [2.45, 2.75) is 24.8 Å². The Morgan fingerprint density at radius 2 is 1.93 bits per heavy atom. The number of nitrogens with zero attached hydrogens (tertiary/aromatic N) is 1. The van der Waals surface area contributed by atoms with Gasteiger partial charge in [0, 0.05) is 29.0 Å². The fourth-order valence-electron chi connectivity index (χ4n) is 1.03. The number of pyridine rings is 1. The first kappa shape index (κ1) is 11.3. The number of aromatic nitrogens is 1. The van der Waals surface area contributed by atoms with Gasteiger partial charge in [-0.1, -0.05) is 0 Å². The minimum atomic E-state index is -3.76. The van der Waals surface area contributed by atoms with Gasteiger partial charge in [-0.2, -0.15) is 0 Å². The van der Waals surface area contributed by atoms with E-state index in [0.29, 0.717) is 0 Å². The van der Waals surface area contributed by atoms with E-state index in [1.807, 2.05) is 0 Å². The highest BCUT2D eigenvalue weighted by Gasteiger charge is 2.12. The monoisotopic (exact) mass is 235 g/mol. The lowest BCUT2D eigenvalue weighted by Crippen LogP contribution is -2.21. The summed E-state index contributed by atoms with van der Waals surface area (Å²) < 4.78 is 23.3. The molecule has 0 saturated heterocycles. The Kier molecular flexibility index (Phi) is 3.01. The largest absolute Gasteiger partial charge is 0.312 e. The zero-order chi connectivity index (χ0) is 10.9. The van der Waals surface area contributed by atoms with Crippen molar-refractivity contribution >= 4 is 19.7 Å². The number of halogens is 1. The Morgan fingerprint density at radius 1 is 1.36 bits per heavy atom. The van der Waals surface area contributed by atoms with Gasteiger partial charge in [-0.05, 0) is 19.9 Å². The van der Waals surface area contributed by atoms with Crippen LogP contribution in [0, 0.1) is 0 Å². The van der Waals surface area contributed by atoms with E-state index in [-0.39, 0.29) is 16.5 Å². The van der Waals surface area contributed by atoms with Gasteiger partial charge in [-0.15, -0.1) is 0 Å². The van der Waals surface area contributed by atoms with Crippen molar-refractivity contribution in [1.29, 1.82) is 0 Å².